The van der Waals surface area contributed by atoms with Crippen molar-refractivity contribution in [3.63, 3.8) is 0 Å². The first-order chi connectivity index (χ1) is 5.61. The highest BCUT2D eigenvalue weighted by Gasteiger charge is 2.23. The highest BCUT2D eigenvalue weighted by atomic mass is 32.2. The summed E-state index contributed by atoms with van der Waals surface area (Å²) in [4.78, 5) is 21.2. The minimum absolute atomic E-state index is 0.640. The van der Waals surface area contributed by atoms with Gasteiger partial charge in [-0.3, -0.25) is 18.5 Å². The molecule has 0 aromatic carbocycles. The largest absolute Gasteiger partial charge is 0.755 e. The Hall–Kier alpha value is -1.48. The molecule has 1 unspecified atom stereocenters. The van der Waals surface area contributed by atoms with Gasteiger partial charge in [0.05, 0.1) is 0 Å². The predicted octanol–water partition coefficient (Wildman–Crippen LogP) is -1.75. The number of nitrogens with one attached hydrogen (secondary N) is 1. The molecule has 0 aliphatic carbocycles. The van der Waals surface area contributed by atoms with Gasteiger partial charge in [-0.25, -0.2) is 0 Å². The van der Waals surface area contributed by atoms with E-state index in [2.05, 4.69) is 15.4 Å². The molecular formula is C3HN4O4S-. The van der Waals surface area contributed by atoms with Crippen LogP contribution in [0, 0.1) is 0 Å². The molecular weight excluding hydrogens is 188 g/mol. The average Bonchev–Trinajstić information content (AvgIpc) is 2.33. The molecule has 1 aliphatic heterocycles. The van der Waals surface area contributed by atoms with Crippen LogP contribution in [0.5, 0.6) is 0 Å². The van der Waals surface area contributed by atoms with Gasteiger partial charge in [0.2, 0.25) is 5.71 Å². The highest BCUT2D eigenvalue weighted by Crippen LogP contribution is 1.96. The standard InChI is InChI=1S/C3H2N4O4S/c8-2-1(4-7-5-2)3(9)6-12(10)11/h(H,6,9)(H,10,11)/p-1. The van der Waals surface area contributed by atoms with E-state index in [1.54, 1.807) is 0 Å². The smallest absolute Gasteiger partial charge is 0.323 e. The van der Waals surface area contributed by atoms with E-state index in [0.717, 1.165) is 0 Å². The molecule has 0 aromatic rings. The average molecular weight is 189 g/mol. The van der Waals surface area contributed by atoms with Gasteiger partial charge < -0.3 is 4.55 Å². The Labute approximate surface area is 68.2 Å². The summed E-state index contributed by atoms with van der Waals surface area (Å²) in [5.41, 5.74) is -0.640. The summed E-state index contributed by atoms with van der Waals surface area (Å²) < 4.78 is 21.2. The fourth-order valence-electron chi connectivity index (χ4n) is 0.464. The number of hydrogen-bond acceptors (Lipinski definition) is 6. The van der Waals surface area contributed by atoms with Crippen molar-refractivity contribution in [2.45, 2.75) is 0 Å². The van der Waals surface area contributed by atoms with Crippen LogP contribution in [0.15, 0.2) is 15.4 Å². The molecule has 2 amide bonds. The zero-order valence-corrected chi connectivity index (χ0v) is 6.20. The molecule has 0 saturated carbocycles. The summed E-state index contributed by atoms with van der Waals surface area (Å²) in [5.74, 6) is -2.10. The van der Waals surface area contributed by atoms with Crippen LogP contribution in [0.4, 0.5) is 0 Å². The highest BCUT2D eigenvalue weighted by molar-refractivity contribution is 7.77. The summed E-state index contributed by atoms with van der Waals surface area (Å²) in [6, 6.07) is 0. The van der Waals surface area contributed by atoms with Gasteiger partial charge in [0.15, 0.2) is 0 Å². The zero-order chi connectivity index (χ0) is 9.14. The van der Waals surface area contributed by atoms with Crippen LogP contribution in [0.2, 0.25) is 0 Å². The maximum absolute atomic E-state index is 10.7. The molecule has 1 rings (SSSR count). The first kappa shape index (κ1) is 8.62. The lowest BCUT2D eigenvalue weighted by Gasteiger charge is -2.03. The van der Waals surface area contributed by atoms with Gasteiger partial charge in [0.1, 0.15) is 0 Å². The summed E-state index contributed by atoms with van der Waals surface area (Å²) in [6.07, 6.45) is 0. The lowest BCUT2D eigenvalue weighted by Crippen LogP contribution is -2.35. The van der Waals surface area contributed by atoms with E-state index in [4.69, 9.17) is 0 Å². The Morgan fingerprint density at radius 1 is 1.58 bits per heavy atom. The van der Waals surface area contributed by atoms with E-state index in [1.165, 1.54) is 4.72 Å². The van der Waals surface area contributed by atoms with Crippen molar-refractivity contribution in [3.05, 3.63) is 0 Å². The number of nitrogens with zero attached hydrogens (tertiary/aromatic N) is 3. The second kappa shape index (κ2) is 3.28. The van der Waals surface area contributed by atoms with Gasteiger partial charge in [0.25, 0.3) is 5.91 Å². The number of carbonyl (C=O) groups is 2. The van der Waals surface area contributed by atoms with Crippen molar-refractivity contribution in [1.82, 2.24) is 4.72 Å². The molecule has 1 N–H and O–H groups in total. The molecule has 1 aliphatic rings. The van der Waals surface area contributed by atoms with Crippen LogP contribution in [0.1, 0.15) is 0 Å². The fourth-order valence-corrected chi connectivity index (χ4v) is 0.712. The fraction of sp³-hybridized carbons (Fsp3) is 0. The lowest BCUT2D eigenvalue weighted by atomic mass is 10.3. The molecule has 9 heteroatoms. The van der Waals surface area contributed by atoms with Crippen LogP contribution in [-0.4, -0.2) is 26.3 Å². The van der Waals surface area contributed by atoms with Crippen LogP contribution in [-0.2, 0) is 20.9 Å². The minimum atomic E-state index is -2.77. The molecule has 0 radical (unpaired) electrons. The van der Waals surface area contributed by atoms with E-state index >= 15 is 0 Å². The normalized spacial score (nSPS) is 17.4. The van der Waals surface area contributed by atoms with E-state index in [9.17, 15) is 18.4 Å². The van der Waals surface area contributed by atoms with Gasteiger partial charge in [-0.15, -0.1) is 5.10 Å². The van der Waals surface area contributed by atoms with Crippen LogP contribution in [0.3, 0.4) is 0 Å². The topological polar surface area (TPSA) is 123 Å². The Morgan fingerprint density at radius 3 is 2.67 bits per heavy atom. The van der Waals surface area contributed by atoms with Crippen LogP contribution in [0.25, 0.3) is 0 Å². The number of hydrogen-bond donors (Lipinski definition) is 1. The second-order valence-electron chi connectivity index (χ2n) is 1.61. The van der Waals surface area contributed by atoms with Gasteiger partial charge >= 0.3 is 5.91 Å². The third-order valence-electron chi connectivity index (χ3n) is 0.874. The molecule has 0 aromatic heterocycles. The summed E-state index contributed by atoms with van der Waals surface area (Å²) in [7, 11) is 0. The molecule has 0 fully saturated rings. The third-order valence-corrected chi connectivity index (χ3v) is 1.23. The number of amides is 2. The first-order valence-electron chi connectivity index (χ1n) is 2.54. The van der Waals surface area contributed by atoms with Crippen molar-refractivity contribution in [2.75, 3.05) is 0 Å². The molecule has 12 heavy (non-hydrogen) atoms. The van der Waals surface area contributed by atoms with Gasteiger partial charge in [-0.1, -0.05) is 5.11 Å². The monoisotopic (exact) mass is 189 g/mol. The van der Waals surface area contributed by atoms with Crippen molar-refractivity contribution in [1.29, 1.82) is 0 Å². The zero-order valence-electron chi connectivity index (χ0n) is 5.38. The van der Waals surface area contributed by atoms with Crippen LogP contribution >= 0.6 is 0 Å². The van der Waals surface area contributed by atoms with Gasteiger partial charge in [-0.2, -0.15) is 0 Å². The second-order valence-corrected chi connectivity index (χ2v) is 2.28. The number of carbonyl (C=O) groups excluding carboxylic acids is 2. The van der Waals surface area contributed by atoms with Gasteiger partial charge in [-0.05, 0) is 5.22 Å². The number of rotatable bonds is 2. The summed E-state index contributed by atoms with van der Waals surface area (Å²) in [5, 5.41) is 8.75. The molecule has 64 valence electrons. The molecule has 8 nitrogen and oxygen atoms in total. The summed E-state index contributed by atoms with van der Waals surface area (Å²) >= 11 is -2.77. The van der Waals surface area contributed by atoms with E-state index in [1.807, 2.05) is 0 Å². The quantitative estimate of drug-likeness (QED) is 0.517. The van der Waals surface area contributed by atoms with Crippen molar-refractivity contribution in [3.8, 4) is 0 Å². The molecule has 1 heterocycles. The predicted molar refractivity (Wildman–Crippen MR) is 34.4 cm³/mol. The van der Waals surface area contributed by atoms with Crippen molar-refractivity contribution in [2.24, 2.45) is 15.4 Å². The Bertz CT molecular complexity index is 320. The van der Waals surface area contributed by atoms with E-state index in [-0.39, 0.29) is 0 Å². The Morgan fingerprint density at radius 2 is 2.25 bits per heavy atom. The lowest BCUT2D eigenvalue weighted by molar-refractivity contribution is -0.116. The Kier molecular flexibility index (Phi) is 2.35. The maximum Gasteiger partial charge on any atom is 0.323 e. The van der Waals surface area contributed by atoms with E-state index < -0.39 is 28.8 Å². The van der Waals surface area contributed by atoms with Gasteiger partial charge in [0, 0.05) is 11.3 Å². The summed E-state index contributed by atoms with van der Waals surface area (Å²) in [6.45, 7) is 0. The minimum Gasteiger partial charge on any atom is -0.755 e. The molecule has 1 atom stereocenters. The molecule has 0 saturated heterocycles. The SMILES string of the molecule is O=C1N=NN=C1C(=O)NS(=O)[O-]. The van der Waals surface area contributed by atoms with E-state index in [0.29, 0.717) is 0 Å². The van der Waals surface area contributed by atoms with Crippen molar-refractivity contribution < 1.29 is 18.4 Å². The van der Waals surface area contributed by atoms with Crippen LogP contribution < -0.4 is 4.72 Å². The third kappa shape index (κ3) is 1.77. The first-order valence-corrected chi connectivity index (χ1v) is 3.62. The Balaban J connectivity index is 2.67. The van der Waals surface area contributed by atoms with Crippen molar-refractivity contribution >= 4 is 28.8 Å². The molecule has 0 bridgehead atoms. The maximum atomic E-state index is 10.7. The molecule has 0 spiro atoms.